The molecule has 1 aliphatic rings. The van der Waals surface area contributed by atoms with E-state index >= 15 is 0 Å². The Hall–Kier alpha value is -1.88. The van der Waals surface area contributed by atoms with Gasteiger partial charge >= 0.3 is 0 Å². The van der Waals surface area contributed by atoms with Crippen LogP contribution in [0.4, 0.5) is 0 Å². The van der Waals surface area contributed by atoms with E-state index in [1.165, 1.54) is 0 Å². The molecular weight excluding hydrogens is 232 g/mol. The second-order valence-electron chi connectivity index (χ2n) is 4.49. The predicted molar refractivity (Wildman–Crippen MR) is 63.3 cm³/mol. The van der Waals surface area contributed by atoms with E-state index in [1.54, 1.807) is 6.92 Å². The van der Waals surface area contributed by atoms with Gasteiger partial charge in [-0.3, -0.25) is 0 Å². The van der Waals surface area contributed by atoms with Crippen molar-refractivity contribution in [1.29, 1.82) is 0 Å². The van der Waals surface area contributed by atoms with Crippen molar-refractivity contribution in [2.45, 2.75) is 25.4 Å². The van der Waals surface area contributed by atoms with Gasteiger partial charge in [-0.05, 0) is 25.0 Å². The monoisotopic (exact) mass is 246 g/mol. The van der Waals surface area contributed by atoms with Gasteiger partial charge in [0, 0.05) is 0 Å². The largest absolute Gasteiger partial charge is 0.493 e. The van der Waals surface area contributed by atoms with Crippen LogP contribution in [-0.4, -0.2) is 21.9 Å². The SMILES string of the molecule is C[C@H](O)c1nc(C2COc3ccccc3C2)no1. The number of aromatic nitrogens is 2. The van der Waals surface area contributed by atoms with Gasteiger partial charge in [-0.15, -0.1) is 0 Å². The average Bonchev–Trinajstić information content (AvgIpc) is 2.88. The summed E-state index contributed by atoms with van der Waals surface area (Å²) >= 11 is 0. The number of aliphatic hydroxyl groups is 1. The fourth-order valence-corrected chi connectivity index (χ4v) is 2.08. The van der Waals surface area contributed by atoms with E-state index in [1.807, 2.05) is 24.3 Å². The van der Waals surface area contributed by atoms with Gasteiger partial charge in [0.2, 0.25) is 0 Å². The molecule has 5 nitrogen and oxygen atoms in total. The van der Waals surface area contributed by atoms with E-state index in [4.69, 9.17) is 9.26 Å². The van der Waals surface area contributed by atoms with Crippen molar-refractivity contribution >= 4 is 0 Å². The van der Waals surface area contributed by atoms with Crippen LogP contribution in [0.1, 0.15) is 36.2 Å². The smallest absolute Gasteiger partial charge is 0.255 e. The van der Waals surface area contributed by atoms with Crippen LogP contribution in [0.15, 0.2) is 28.8 Å². The minimum Gasteiger partial charge on any atom is -0.493 e. The fourth-order valence-electron chi connectivity index (χ4n) is 2.08. The Morgan fingerprint density at radius 2 is 2.22 bits per heavy atom. The van der Waals surface area contributed by atoms with E-state index in [-0.39, 0.29) is 11.8 Å². The molecule has 5 heteroatoms. The third kappa shape index (κ3) is 1.97. The Kier molecular flexibility index (Phi) is 2.76. The molecule has 0 saturated heterocycles. The number of nitrogens with zero attached hydrogens (tertiary/aromatic N) is 2. The summed E-state index contributed by atoms with van der Waals surface area (Å²) in [5.41, 5.74) is 1.15. The first kappa shape index (κ1) is 11.2. The van der Waals surface area contributed by atoms with Crippen LogP contribution in [0.2, 0.25) is 0 Å². The lowest BCUT2D eigenvalue weighted by Crippen LogP contribution is -2.20. The van der Waals surface area contributed by atoms with E-state index in [0.29, 0.717) is 12.4 Å². The van der Waals surface area contributed by atoms with E-state index in [0.717, 1.165) is 17.7 Å². The number of hydrogen-bond acceptors (Lipinski definition) is 5. The van der Waals surface area contributed by atoms with Gasteiger partial charge in [-0.25, -0.2) is 0 Å². The van der Waals surface area contributed by atoms with Crippen molar-refractivity contribution < 1.29 is 14.4 Å². The van der Waals surface area contributed by atoms with Crippen LogP contribution in [0.5, 0.6) is 5.75 Å². The molecule has 0 amide bonds. The van der Waals surface area contributed by atoms with Gasteiger partial charge in [-0.2, -0.15) is 4.98 Å². The van der Waals surface area contributed by atoms with Crippen LogP contribution >= 0.6 is 0 Å². The molecule has 0 radical (unpaired) electrons. The second-order valence-corrected chi connectivity index (χ2v) is 4.49. The zero-order valence-corrected chi connectivity index (χ0v) is 10.0. The molecule has 2 heterocycles. The summed E-state index contributed by atoms with van der Waals surface area (Å²) < 4.78 is 10.7. The molecule has 18 heavy (non-hydrogen) atoms. The van der Waals surface area contributed by atoms with Crippen LogP contribution < -0.4 is 4.74 Å². The second kappa shape index (κ2) is 4.42. The van der Waals surface area contributed by atoms with Crippen molar-refractivity contribution in [3.8, 4) is 5.75 Å². The number of fused-ring (bicyclic) bond motifs is 1. The first-order valence-corrected chi connectivity index (χ1v) is 5.96. The molecule has 2 atom stereocenters. The molecule has 0 aliphatic carbocycles. The highest BCUT2D eigenvalue weighted by Gasteiger charge is 2.25. The lowest BCUT2D eigenvalue weighted by molar-refractivity contribution is 0.151. The third-order valence-electron chi connectivity index (χ3n) is 3.06. The summed E-state index contributed by atoms with van der Waals surface area (Å²) in [4.78, 5) is 4.20. The lowest BCUT2D eigenvalue weighted by atomic mass is 9.96. The first-order valence-electron chi connectivity index (χ1n) is 5.96. The predicted octanol–water partition coefficient (Wildman–Crippen LogP) is 1.84. The summed E-state index contributed by atoms with van der Waals surface area (Å²) in [6, 6.07) is 7.95. The summed E-state index contributed by atoms with van der Waals surface area (Å²) in [5.74, 6) is 1.86. The zero-order valence-electron chi connectivity index (χ0n) is 10.0. The summed E-state index contributed by atoms with van der Waals surface area (Å²) in [7, 11) is 0. The molecular formula is C13H14N2O3. The molecule has 0 bridgehead atoms. The highest BCUT2D eigenvalue weighted by molar-refractivity contribution is 5.36. The number of rotatable bonds is 2. The summed E-state index contributed by atoms with van der Waals surface area (Å²) in [5, 5.41) is 13.3. The van der Waals surface area contributed by atoms with Crippen molar-refractivity contribution in [2.75, 3.05) is 6.61 Å². The number of para-hydroxylation sites is 1. The van der Waals surface area contributed by atoms with Crippen LogP contribution in [0, 0.1) is 0 Å². The van der Waals surface area contributed by atoms with Gasteiger partial charge in [0.15, 0.2) is 5.82 Å². The molecule has 1 unspecified atom stereocenters. The van der Waals surface area contributed by atoms with Crippen LogP contribution in [0.3, 0.4) is 0 Å². The first-order chi connectivity index (χ1) is 8.74. The Labute approximate surface area is 104 Å². The van der Waals surface area contributed by atoms with Gasteiger partial charge in [0.05, 0.1) is 12.5 Å². The molecule has 1 aliphatic heterocycles. The quantitative estimate of drug-likeness (QED) is 0.875. The zero-order chi connectivity index (χ0) is 12.5. The number of benzene rings is 1. The number of hydrogen-bond donors (Lipinski definition) is 1. The molecule has 1 aromatic heterocycles. The molecule has 0 saturated carbocycles. The highest BCUT2D eigenvalue weighted by atomic mass is 16.5. The number of ether oxygens (including phenoxy) is 1. The van der Waals surface area contributed by atoms with Crippen LogP contribution in [-0.2, 0) is 6.42 Å². The van der Waals surface area contributed by atoms with Crippen molar-refractivity contribution in [1.82, 2.24) is 10.1 Å². The molecule has 94 valence electrons. The van der Waals surface area contributed by atoms with E-state index < -0.39 is 6.10 Å². The van der Waals surface area contributed by atoms with Gasteiger partial charge in [-0.1, -0.05) is 23.4 Å². The molecule has 2 aromatic rings. The highest BCUT2D eigenvalue weighted by Crippen LogP contribution is 2.31. The minimum absolute atomic E-state index is 0.0798. The van der Waals surface area contributed by atoms with Gasteiger partial charge < -0.3 is 14.4 Å². The molecule has 1 aromatic carbocycles. The normalized spacial score (nSPS) is 20.0. The van der Waals surface area contributed by atoms with Gasteiger partial charge in [0.25, 0.3) is 5.89 Å². The maximum Gasteiger partial charge on any atom is 0.255 e. The standard InChI is InChI=1S/C13H14N2O3/c1-8(16)13-14-12(15-18-13)10-6-9-4-2-3-5-11(9)17-7-10/h2-5,8,10,16H,6-7H2,1H3/t8-,10?/m0/s1. The Morgan fingerprint density at radius 1 is 1.39 bits per heavy atom. The summed E-state index contributed by atoms with van der Waals surface area (Å²) in [6.07, 6.45) is 0.0950. The lowest BCUT2D eigenvalue weighted by Gasteiger charge is -2.22. The fraction of sp³-hybridized carbons (Fsp3) is 0.385. The van der Waals surface area contributed by atoms with E-state index in [9.17, 15) is 5.11 Å². The van der Waals surface area contributed by atoms with Crippen molar-refractivity contribution in [2.24, 2.45) is 0 Å². The van der Waals surface area contributed by atoms with Crippen LogP contribution in [0.25, 0.3) is 0 Å². The maximum atomic E-state index is 9.37. The van der Waals surface area contributed by atoms with Crippen molar-refractivity contribution in [3.05, 3.63) is 41.5 Å². The Balaban J connectivity index is 1.83. The number of aliphatic hydroxyl groups excluding tert-OH is 1. The minimum atomic E-state index is -0.733. The van der Waals surface area contributed by atoms with E-state index in [2.05, 4.69) is 10.1 Å². The molecule has 1 N–H and O–H groups in total. The third-order valence-corrected chi connectivity index (χ3v) is 3.06. The Bertz CT molecular complexity index is 551. The average molecular weight is 246 g/mol. The van der Waals surface area contributed by atoms with Gasteiger partial charge in [0.1, 0.15) is 11.9 Å². The molecule has 3 rings (SSSR count). The molecule has 0 spiro atoms. The summed E-state index contributed by atoms with van der Waals surface area (Å²) in [6.45, 7) is 2.14. The Morgan fingerprint density at radius 3 is 3.00 bits per heavy atom. The maximum absolute atomic E-state index is 9.37. The van der Waals surface area contributed by atoms with Crippen molar-refractivity contribution in [3.63, 3.8) is 0 Å². The molecule has 0 fully saturated rings. The topological polar surface area (TPSA) is 68.4 Å².